The van der Waals surface area contributed by atoms with Crippen molar-refractivity contribution in [1.82, 2.24) is 15.3 Å². The molecule has 0 radical (unpaired) electrons. The summed E-state index contributed by atoms with van der Waals surface area (Å²) in [6.45, 7) is 5.82. The average Bonchev–Trinajstić information content (AvgIpc) is 2.98. The first-order valence-electron chi connectivity index (χ1n) is 7.97. The van der Waals surface area contributed by atoms with Crippen molar-refractivity contribution in [3.05, 3.63) is 59.4 Å². The Hall–Kier alpha value is -2.82. The van der Waals surface area contributed by atoms with Gasteiger partial charge in [0.2, 0.25) is 0 Å². The maximum Gasteiger partial charge on any atom is 0.258 e. The second-order valence-corrected chi connectivity index (χ2v) is 5.94. The molecule has 5 heteroatoms. The Bertz CT molecular complexity index is 817. The van der Waals surface area contributed by atoms with E-state index in [-0.39, 0.29) is 18.6 Å². The van der Waals surface area contributed by atoms with Gasteiger partial charge in [0.05, 0.1) is 17.1 Å². The molecule has 1 heterocycles. The van der Waals surface area contributed by atoms with Gasteiger partial charge in [0, 0.05) is 0 Å². The van der Waals surface area contributed by atoms with Crippen molar-refractivity contribution in [1.29, 1.82) is 0 Å². The summed E-state index contributed by atoms with van der Waals surface area (Å²) in [5, 5.41) is 2.91. The van der Waals surface area contributed by atoms with E-state index >= 15 is 0 Å². The van der Waals surface area contributed by atoms with Gasteiger partial charge in [-0.1, -0.05) is 30.3 Å². The highest BCUT2D eigenvalue weighted by molar-refractivity contribution is 5.78. The van der Waals surface area contributed by atoms with E-state index in [1.807, 2.05) is 63.2 Å². The number of nitrogens with zero attached hydrogens (tertiary/aromatic N) is 1. The number of aryl methyl sites for hydroxylation is 2. The zero-order valence-electron chi connectivity index (χ0n) is 14.1. The van der Waals surface area contributed by atoms with Gasteiger partial charge in [0.15, 0.2) is 6.61 Å². The highest BCUT2D eigenvalue weighted by Crippen LogP contribution is 2.22. The summed E-state index contributed by atoms with van der Waals surface area (Å²) in [5.74, 6) is 1.33. The van der Waals surface area contributed by atoms with Crippen molar-refractivity contribution in [2.45, 2.75) is 26.8 Å². The molecule has 0 aliphatic rings. The molecule has 0 spiro atoms. The van der Waals surface area contributed by atoms with E-state index in [1.165, 1.54) is 0 Å². The van der Waals surface area contributed by atoms with Crippen LogP contribution in [0.5, 0.6) is 5.75 Å². The molecule has 5 nitrogen and oxygen atoms in total. The van der Waals surface area contributed by atoms with Crippen LogP contribution in [-0.4, -0.2) is 22.5 Å². The molecular weight excluding hydrogens is 302 g/mol. The van der Waals surface area contributed by atoms with E-state index in [9.17, 15) is 4.79 Å². The maximum atomic E-state index is 12.2. The van der Waals surface area contributed by atoms with Crippen LogP contribution in [0, 0.1) is 13.8 Å². The summed E-state index contributed by atoms with van der Waals surface area (Å²) in [4.78, 5) is 19.9. The molecule has 0 saturated carbocycles. The summed E-state index contributed by atoms with van der Waals surface area (Å²) in [6.07, 6.45) is 0. The third kappa shape index (κ3) is 3.40. The van der Waals surface area contributed by atoms with E-state index in [0.717, 1.165) is 33.7 Å². The maximum absolute atomic E-state index is 12.2. The molecular formula is C19H21N3O2. The summed E-state index contributed by atoms with van der Waals surface area (Å²) in [5.41, 5.74) is 3.89. The summed E-state index contributed by atoms with van der Waals surface area (Å²) >= 11 is 0. The second kappa shape index (κ2) is 6.74. The zero-order valence-corrected chi connectivity index (χ0v) is 14.1. The van der Waals surface area contributed by atoms with Crippen LogP contribution in [0.2, 0.25) is 0 Å². The number of benzene rings is 2. The Kier molecular flexibility index (Phi) is 4.51. The van der Waals surface area contributed by atoms with Gasteiger partial charge < -0.3 is 15.0 Å². The van der Waals surface area contributed by atoms with Gasteiger partial charge in [0.25, 0.3) is 5.91 Å². The minimum Gasteiger partial charge on any atom is -0.483 e. The van der Waals surface area contributed by atoms with Gasteiger partial charge in [-0.05, 0) is 44.0 Å². The van der Waals surface area contributed by atoms with Crippen molar-refractivity contribution in [2.75, 3.05) is 6.61 Å². The minimum atomic E-state index is -0.216. The van der Waals surface area contributed by atoms with E-state index in [2.05, 4.69) is 15.3 Å². The van der Waals surface area contributed by atoms with Crippen molar-refractivity contribution >= 4 is 16.9 Å². The van der Waals surface area contributed by atoms with E-state index < -0.39 is 0 Å². The predicted molar refractivity (Wildman–Crippen MR) is 94.1 cm³/mol. The van der Waals surface area contributed by atoms with Crippen LogP contribution in [0.25, 0.3) is 11.0 Å². The van der Waals surface area contributed by atoms with Crippen LogP contribution < -0.4 is 10.1 Å². The quantitative estimate of drug-likeness (QED) is 0.756. The molecule has 0 aliphatic carbocycles. The molecule has 1 atom stereocenters. The number of aromatic amines is 1. The Morgan fingerprint density at radius 3 is 2.58 bits per heavy atom. The number of fused-ring (bicyclic) bond motifs is 1. The summed E-state index contributed by atoms with van der Waals surface area (Å²) in [6, 6.07) is 13.5. The highest BCUT2D eigenvalue weighted by Gasteiger charge is 2.14. The lowest BCUT2D eigenvalue weighted by atomic mass is 10.1. The Morgan fingerprint density at radius 1 is 1.17 bits per heavy atom. The predicted octanol–water partition coefficient (Wildman–Crippen LogP) is 3.44. The molecule has 1 amide bonds. The van der Waals surface area contributed by atoms with Crippen molar-refractivity contribution in [2.24, 2.45) is 0 Å². The third-order valence-electron chi connectivity index (χ3n) is 3.95. The number of aromatic nitrogens is 2. The standard InChI is InChI=1S/C19H21N3O2/c1-12-7-6-8-13(2)18(12)24-11-17(23)20-14(3)19-21-15-9-4-5-10-16(15)22-19/h4-10,14H,11H2,1-3H3,(H,20,23)(H,21,22)/t14-/m0/s1. The van der Waals surface area contributed by atoms with Gasteiger partial charge >= 0.3 is 0 Å². The molecule has 1 aromatic heterocycles. The van der Waals surface area contributed by atoms with Gasteiger partial charge in [-0.15, -0.1) is 0 Å². The lowest BCUT2D eigenvalue weighted by Gasteiger charge is -2.14. The molecule has 0 fully saturated rings. The molecule has 0 aliphatic heterocycles. The number of amides is 1. The first-order chi connectivity index (χ1) is 11.5. The van der Waals surface area contributed by atoms with Crippen LogP contribution >= 0.6 is 0 Å². The van der Waals surface area contributed by atoms with E-state index in [4.69, 9.17) is 4.74 Å². The topological polar surface area (TPSA) is 67.0 Å². The van der Waals surface area contributed by atoms with Crippen molar-refractivity contribution < 1.29 is 9.53 Å². The zero-order chi connectivity index (χ0) is 17.1. The van der Waals surface area contributed by atoms with Gasteiger partial charge in [-0.3, -0.25) is 4.79 Å². The molecule has 2 aromatic carbocycles. The second-order valence-electron chi connectivity index (χ2n) is 5.94. The fourth-order valence-electron chi connectivity index (χ4n) is 2.69. The number of ether oxygens (including phenoxy) is 1. The van der Waals surface area contributed by atoms with E-state index in [0.29, 0.717) is 0 Å². The SMILES string of the molecule is Cc1cccc(C)c1OCC(=O)N[C@@H](C)c1nc2ccccc2[nH]1. The molecule has 24 heavy (non-hydrogen) atoms. The monoisotopic (exact) mass is 323 g/mol. The first-order valence-corrected chi connectivity index (χ1v) is 7.97. The molecule has 3 rings (SSSR count). The Balaban J connectivity index is 1.62. The number of carbonyl (C=O) groups excluding carboxylic acids is 1. The smallest absolute Gasteiger partial charge is 0.258 e. The van der Waals surface area contributed by atoms with Crippen molar-refractivity contribution in [3.63, 3.8) is 0 Å². The minimum absolute atomic E-state index is 0.0176. The highest BCUT2D eigenvalue weighted by atomic mass is 16.5. The van der Waals surface area contributed by atoms with E-state index in [1.54, 1.807) is 0 Å². The fraction of sp³-hybridized carbons (Fsp3) is 0.263. The normalized spacial score (nSPS) is 12.1. The largest absolute Gasteiger partial charge is 0.483 e. The van der Waals surface area contributed by atoms with Crippen LogP contribution in [0.4, 0.5) is 0 Å². The van der Waals surface area contributed by atoms with Gasteiger partial charge in [0.1, 0.15) is 11.6 Å². The molecule has 2 N–H and O–H groups in total. The molecule has 0 bridgehead atoms. The molecule has 0 saturated heterocycles. The lowest BCUT2D eigenvalue weighted by Crippen LogP contribution is -2.32. The van der Waals surface area contributed by atoms with Gasteiger partial charge in [-0.25, -0.2) is 4.98 Å². The Morgan fingerprint density at radius 2 is 1.88 bits per heavy atom. The number of imidazole rings is 1. The Labute approximate surface area is 141 Å². The van der Waals surface area contributed by atoms with Crippen LogP contribution in [0.15, 0.2) is 42.5 Å². The summed E-state index contributed by atoms with van der Waals surface area (Å²) in [7, 11) is 0. The van der Waals surface area contributed by atoms with Crippen LogP contribution in [0.1, 0.15) is 29.9 Å². The number of H-pyrrole nitrogens is 1. The van der Waals surface area contributed by atoms with Gasteiger partial charge in [-0.2, -0.15) is 0 Å². The molecule has 0 unspecified atom stereocenters. The number of rotatable bonds is 5. The third-order valence-corrected chi connectivity index (χ3v) is 3.95. The van der Waals surface area contributed by atoms with Crippen molar-refractivity contribution in [3.8, 4) is 5.75 Å². The number of carbonyl (C=O) groups is 1. The first kappa shape index (κ1) is 16.1. The van der Waals surface area contributed by atoms with Crippen LogP contribution in [-0.2, 0) is 4.79 Å². The van der Waals surface area contributed by atoms with Crippen LogP contribution in [0.3, 0.4) is 0 Å². The number of hydrogen-bond acceptors (Lipinski definition) is 3. The fourth-order valence-corrected chi connectivity index (χ4v) is 2.69. The number of para-hydroxylation sites is 3. The average molecular weight is 323 g/mol. The lowest BCUT2D eigenvalue weighted by molar-refractivity contribution is -0.123. The summed E-state index contributed by atoms with van der Waals surface area (Å²) < 4.78 is 5.68. The number of nitrogens with one attached hydrogen (secondary N) is 2. The number of hydrogen-bond donors (Lipinski definition) is 2. The molecule has 3 aromatic rings. The molecule has 124 valence electrons.